The van der Waals surface area contributed by atoms with Gasteiger partial charge in [-0.2, -0.15) is 0 Å². The zero-order chi connectivity index (χ0) is 29.7. The van der Waals surface area contributed by atoms with E-state index in [0.717, 1.165) is 64.2 Å². The third kappa shape index (κ3) is 5.49. The Hall–Kier alpha value is -2.88. The number of nitrogens with one attached hydrogen (secondary N) is 2. The molecule has 5 fully saturated rings. The molecule has 2 aromatic rings. The summed E-state index contributed by atoms with van der Waals surface area (Å²) in [6, 6.07) is 5.79. The van der Waals surface area contributed by atoms with Gasteiger partial charge in [-0.25, -0.2) is 18.4 Å². The number of hydrogen-bond acceptors (Lipinski definition) is 11. The predicted octanol–water partition coefficient (Wildman–Crippen LogP) is 3.47. The highest BCUT2D eigenvalue weighted by Gasteiger charge is 2.65. The summed E-state index contributed by atoms with van der Waals surface area (Å²) >= 11 is 0. The zero-order valence-corrected chi connectivity index (χ0v) is 24.7. The number of aromatic nitrogens is 2. The average molecular weight is 617 g/mol. The number of hydrogen-bond donors (Lipinski definition) is 2. The molecular formula is C29H36N4O9S. The lowest BCUT2D eigenvalue weighted by Crippen LogP contribution is -2.58. The summed E-state index contributed by atoms with van der Waals surface area (Å²) in [5.74, 6) is -1.72. The third-order valence-corrected chi connectivity index (χ3v) is 10.3. The summed E-state index contributed by atoms with van der Waals surface area (Å²) < 4.78 is 65.8. The van der Waals surface area contributed by atoms with Crippen LogP contribution in [-0.2, 0) is 38.5 Å². The molecule has 7 rings (SSSR count). The van der Waals surface area contributed by atoms with E-state index in [1.165, 1.54) is 43.9 Å². The number of methoxy groups -OCH3 is 1. The van der Waals surface area contributed by atoms with Gasteiger partial charge in [-0.15, -0.1) is 0 Å². The van der Waals surface area contributed by atoms with E-state index in [2.05, 4.69) is 20.0 Å². The summed E-state index contributed by atoms with van der Waals surface area (Å²) in [5, 5.41) is 2.86. The van der Waals surface area contributed by atoms with Crippen LogP contribution in [-0.4, -0.2) is 73.7 Å². The minimum Gasteiger partial charge on any atom is -0.491 e. The largest absolute Gasteiger partial charge is 0.491 e. The van der Waals surface area contributed by atoms with Gasteiger partial charge in [0.15, 0.2) is 35.5 Å². The van der Waals surface area contributed by atoms with Crippen LogP contribution in [0.5, 0.6) is 5.75 Å². The van der Waals surface area contributed by atoms with Crippen molar-refractivity contribution in [2.75, 3.05) is 17.1 Å². The van der Waals surface area contributed by atoms with E-state index in [1.807, 2.05) is 0 Å². The van der Waals surface area contributed by atoms with Crippen LogP contribution < -0.4 is 14.8 Å². The maximum Gasteiger partial charge on any atom is 0.263 e. The fourth-order valence-electron chi connectivity index (χ4n) is 6.83. The van der Waals surface area contributed by atoms with Crippen molar-refractivity contribution in [2.45, 2.75) is 111 Å². The molecule has 1 aromatic heterocycles. The van der Waals surface area contributed by atoms with Gasteiger partial charge in [-0.3, -0.25) is 9.52 Å². The summed E-state index contributed by atoms with van der Waals surface area (Å²) in [6.45, 7) is 0. The molecule has 2 spiro atoms. The van der Waals surface area contributed by atoms with E-state index in [9.17, 15) is 13.2 Å². The van der Waals surface area contributed by atoms with Gasteiger partial charge in [0.1, 0.15) is 24.6 Å². The SMILES string of the molecule is COc1cncnc1NS(=O)(=O)c1ccc(NC(=O)C2O[C@@H]3OC4(CCCCC4)O[C@@H]3[C@H]3OC4(CCCCC4)O[C@@H]23)cc1. The van der Waals surface area contributed by atoms with Crippen molar-refractivity contribution in [3.05, 3.63) is 36.8 Å². The second-order valence-corrected chi connectivity index (χ2v) is 13.5. The zero-order valence-electron chi connectivity index (χ0n) is 23.9. The number of benzene rings is 1. The molecule has 3 aliphatic heterocycles. The molecule has 1 aromatic carbocycles. The molecule has 3 saturated heterocycles. The first-order valence-corrected chi connectivity index (χ1v) is 16.4. The summed E-state index contributed by atoms with van der Waals surface area (Å²) in [6.07, 6.45) is 8.44. The van der Waals surface area contributed by atoms with Gasteiger partial charge in [0.25, 0.3) is 15.9 Å². The normalized spacial score (nSPS) is 30.9. The Morgan fingerprint density at radius 3 is 2.19 bits per heavy atom. The molecular weight excluding hydrogens is 580 g/mol. The lowest BCUT2D eigenvalue weighted by atomic mass is 9.94. The van der Waals surface area contributed by atoms with Crippen LogP contribution in [0.4, 0.5) is 11.5 Å². The van der Waals surface area contributed by atoms with Crippen molar-refractivity contribution in [2.24, 2.45) is 0 Å². The monoisotopic (exact) mass is 616 g/mol. The molecule has 13 nitrogen and oxygen atoms in total. The van der Waals surface area contributed by atoms with Crippen molar-refractivity contribution in [3.63, 3.8) is 0 Å². The van der Waals surface area contributed by atoms with E-state index in [4.69, 9.17) is 28.4 Å². The Labute approximate surface area is 250 Å². The smallest absolute Gasteiger partial charge is 0.263 e. The lowest BCUT2D eigenvalue weighted by Gasteiger charge is -2.36. The molecule has 0 radical (unpaired) electrons. The number of ether oxygens (including phenoxy) is 6. The maximum atomic E-state index is 13.7. The molecule has 232 valence electrons. The Morgan fingerprint density at radius 1 is 0.884 bits per heavy atom. The van der Waals surface area contributed by atoms with E-state index in [1.54, 1.807) is 0 Å². The highest BCUT2D eigenvalue weighted by atomic mass is 32.2. The number of nitrogens with zero attached hydrogens (tertiary/aromatic N) is 2. The topological polar surface area (TPSA) is 156 Å². The molecule has 5 aliphatic rings. The molecule has 1 unspecified atom stereocenters. The number of rotatable bonds is 6. The average Bonchev–Trinajstić information content (AvgIpc) is 3.55. The summed E-state index contributed by atoms with van der Waals surface area (Å²) in [4.78, 5) is 21.4. The Kier molecular flexibility index (Phi) is 7.54. The second-order valence-electron chi connectivity index (χ2n) is 11.8. The molecule has 2 N–H and O–H groups in total. The van der Waals surface area contributed by atoms with Crippen LogP contribution >= 0.6 is 0 Å². The maximum absolute atomic E-state index is 13.7. The van der Waals surface area contributed by atoms with Crippen LogP contribution in [0.3, 0.4) is 0 Å². The van der Waals surface area contributed by atoms with Crippen LogP contribution in [0.2, 0.25) is 0 Å². The lowest BCUT2D eigenvalue weighted by molar-refractivity contribution is -0.246. The molecule has 2 aliphatic carbocycles. The van der Waals surface area contributed by atoms with E-state index >= 15 is 0 Å². The fraction of sp³-hybridized carbons (Fsp3) is 0.621. The van der Waals surface area contributed by atoms with E-state index < -0.39 is 58.2 Å². The van der Waals surface area contributed by atoms with Crippen LogP contribution in [0.15, 0.2) is 41.7 Å². The van der Waals surface area contributed by atoms with Crippen LogP contribution in [0.25, 0.3) is 0 Å². The molecule has 5 atom stereocenters. The van der Waals surface area contributed by atoms with Crippen molar-refractivity contribution in [3.8, 4) is 5.75 Å². The number of amides is 1. The Bertz CT molecular complexity index is 1440. The van der Waals surface area contributed by atoms with E-state index in [-0.39, 0.29) is 16.5 Å². The van der Waals surface area contributed by atoms with Gasteiger partial charge in [-0.05, 0) is 49.9 Å². The standard InChI is InChI=1S/C29H36N4O9S/c1-37-20-16-30-17-31-25(20)33-43(35,36)19-10-8-18(9-11-19)32-26(34)23-21-22(40-28(39-21)12-4-2-5-13-28)24-27(38-23)42-29(41-24)14-6-3-7-15-29/h8-11,16-17,21-24,27H,2-7,12-15H2,1H3,(H,32,34)(H,30,31,33)/t21-,22+,23?,24-,27-/m1/s1. The van der Waals surface area contributed by atoms with Gasteiger partial charge in [0, 0.05) is 31.4 Å². The number of carbonyl (C=O) groups is 1. The molecule has 0 bridgehead atoms. The summed E-state index contributed by atoms with van der Waals surface area (Å²) in [7, 11) is -2.59. The minimum atomic E-state index is -3.99. The van der Waals surface area contributed by atoms with Crippen molar-refractivity contribution < 1.29 is 41.6 Å². The predicted molar refractivity (Wildman–Crippen MR) is 150 cm³/mol. The van der Waals surface area contributed by atoms with Gasteiger partial charge in [0.2, 0.25) is 0 Å². The Balaban J connectivity index is 1.08. The molecule has 4 heterocycles. The van der Waals surface area contributed by atoms with Gasteiger partial charge in [-0.1, -0.05) is 12.8 Å². The highest BCUT2D eigenvalue weighted by Crippen LogP contribution is 2.51. The van der Waals surface area contributed by atoms with Gasteiger partial charge < -0.3 is 33.7 Å². The second kappa shape index (κ2) is 11.2. The summed E-state index contributed by atoms with van der Waals surface area (Å²) in [5.41, 5.74) is 0.393. The van der Waals surface area contributed by atoms with E-state index in [0.29, 0.717) is 5.69 Å². The Morgan fingerprint density at radius 2 is 1.51 bits per heavy atom. The number of sulfonamides is 1. The van der Waals surface area contributed by atoms with Crippen molar-refractivity contribution >= 4 is 27.4 Å². The first kappa shape index (κ1) is 28.9. The van der Waals surface area contributed by atoms with Crippen LogP contribution in [0, 0.1) is 0 Å². The first-order chi connectivity index (χ1) is 20.8. The highest BCUT2D eigenvalue weighted by molar-refractivity contribution is 7.92. The number of fused-ring (bicyclic) bond motifs is 3. The van der Waals surface area contributed by atoms with Crippen LogP contribution in [0.1, 0.15) is 64.2 Å². The van der Waals surface area contributed by atoms with Gasteiger partial charge >= 0.3 is 0 Å². The van der Waals surface area contributed by atoms with Crippen molar-refractivity contribution in [1.82, 2.24) is 9.97 Å². The number of carbonyl (C=O) groups excluding carboxylic acids is 1. The first-order valence-electron chi connectivity index (χ1n) is 14.9. The minimum absolute atomic E-state index is 0.0137. The fourth-order valence-corrected chi connectivity index (χ4v) is 7.85. The third-order valence-electron chi connectivity index (χ3n) is 8.93. The molecule has 2 saturated carbocycles. The molecule has 14 heteroatoms. The van der Waals surface area contributed by atoms with Gasteiger partial charge in [0.05, 0.1) is 18.2 Å². The van der Waals surface area contributed by atoms with Crippen molar-refractivity contribution in [1.29, 1.82) is 0 Å². The molecule has 1 amide bonds. The number of anilines is 2. The molecule has 43 heavy (non-hydrogen) atoms. The quantitative estimate of drug-likeness (QED) is 0.490.